The number of rotatable bonds is 5. The Labute approximate surface area is 181 Å². The van der Waals surface area contributed by atoms with Gasteiger partial charge in [-0.1, -0.05) is 42.1 Å². The van der Waals surface area contributed by atoms with Crippen LogP contribution in [0, 0.1) is 0 Å². The van der Waals surface area contributed by atoms with Crippen LogP contribution in [-0.4, -0.2) is 23.9 Å². The molecule has 3 heterocycles. The van der Waals surface area contributed by atoms with E-state index in [9.17, 15) is 4.79 Å². The first-order valence-electron chi connectivity index (χ1n) is 9.03. The lowest BCUT2D eigenvalue weighted by molar-refractivity contribution is 0.101. The minimum atomic E-state index is 0.0797. The van der Waals surface area contributed by atoms with E-state index in [2.05, 4.69) is 56.6 Å². The van der Waals surface area contributed by atoms with Crippen LogP contribution in [0.1, 0.15) is 23.7 Å². The molecule has 3 aromatic rings. The number of hydrogen-bond donors (Lipinski definition) is 0. The summed E-state index contributed by atoms with van der Waals surface area (Å²) in [7, 11) is 0. The van der Waals surface area contributed by atoms with E-state index in [0.717, 1.165) is 50.7 Å². The molecule has 0 radical (unpaired) electrons. The van der Waals surface area contributed by atoms with Crippen molar-refractivity contribution in [3.8, 4) is 11.1 Å². The Balaban J connectivity index is 1.77. The molecule has 6 heteroatoms. The molecule has 0 spiro atoms. The van der Waals surface area contributed by atoms with E-state index in [1.807, 2.05) is 24.4 Å². The van der Waals surface area contributed by atoms with Gasteiger partial charge >= 0.3 is 0 Å². The number of nitrogens with zero attached hydrogens (tertiary/aromatic N) is 2. The Morgan fingerprint density at radius 1 is 1.25 bits per heavy atom. The predicted molar refractivity (Wildman–Crippen MR) is 122 cm³/mol. The molecular weight excluding hydrogens is 452 g/mol. The molecule has 28 heavy (non-hydrogen) atoms. The molecule has 142 valence electrons. The van der Waals surface area contributed by atoms with Crippen molar-refractivity contribution in [3.63, 3.8) is 0 Å². The molecule has 4 rings (SSSR count). The number of benzene rings is 1. The number of ketones is 1. The summed E-state index contributed by atoms with van der Waals surface area (Å²) in [5.74, 6) is 0.0797. The number of aromatic nitrogens is 1. The molecule has 0 fully saturated rings. The van der Waals surface area contributed by atoms with Crippen molar-refractivity contribution in [1.29, 1.82) is 0 Å². The molecule has 0 N–H and O–H groups in total. The third-order valence-electron chi connectivity index (χ3n) is 4.60. The van der Waals surface area contributed by atoms with Gasteiger partial charge in [0.25, 0.3) is 0 Å². The van der Waals surface area contributed by atoms with Gasteiger partial charge in [0.1, 0.15) is 5.03 Å². The molecule has 1 aliphatic rings. The molecule has 2 aromatic heterocycles. The number of pyridine rings is 1. The van der Waals surface area contributed by atoms with Gasteiger partial charge < -0.3 is 4.90 Å². The number of thiophene rings is 1. The quantitative estimate of drug-likeness (QED) is 0.307. The number of anilines is 1. The van der Waals surface area contributed by atoms with Crippen LogP contribution < -0.4 is 4.90 Å². The van der Waals surface area contributed by atoms with Crippen LogP contribution in [0.15, 0.2) is 73.8 Å². The summed E-state index contributed by atoms with van der Waals surface area (Å²) in [6.45, 7) is 3.46. The molecule has 0 saturated carbocycles. The zero-order valence-electron chi connectivity index (χ0n) is 15.4. The normalized spacial score (nSPS) is 13.7. The van der Waals surface area contributed by atoms with Gasteiger partial charge in [-0.2, -0.15) is 0 Å². The SMILES string of the molecule is CC(=O)c1cccc(-c2cc(Sc3csc(Br)c3)ncc2N2CC=CCC2)c1. The number of halogens is 1. The van der Waals surface area contributed by atoms with Crippen LogP contribution in [0.4, 0.5) is 5.69 Å². The van der Waals surface area contributed by atoms with Crippen LogP contribution in [0.5, 0.6) is 0 Å². The van der Waals surface area contributed by atoms with Crippen LogP contribution in [-0.2, 0) is 0 Å². The fraction of sp³-hybridized carbons (Fsp3) is 0.182. The van der Waals surface area contributed by atoms with Crippen molar-refractivity contribution >= 4 is 50.5 Å². The first-order chi connectivity index (χ1) is 13.6. The molecule has 0 bridgehead atoms. The third-order valence-corrected chi connectivity index (χ3v) is 7.16. The average Bonchev–Trinajstić information content (AvgIpc) is 3.13. The highest BCUT2D eigenvalue weighted by molar-refractivity contribution is 9.11. The molecule has 1 aliphatic heterocycles. The second-order valence-corrected chi connectivity index (χ2v) is 9.96. The Bertz CT molecular complexity index is 1040. The van der Waals surface area contributed by atoms with Crippen LogP contribution in [0.2, 0.25) is 0 Å². The molecule has 1 aromatic carbocycles. The smallest absolute Gasteiger partial charge is 0.159 e. The van der Waals surface area contributed by atoms with Gasteiger partial charge in [-0.3, -0.25) is 4.79 Å². The number of Topliss-reactive ketones (excluding diaryl/α,β-unsaturated/α-hetero) is 1. The van der Waals surface area contributed by atoms with E-state index >= 15 is 0 Å². The van der Waals surface area contributed by atoms with Crippen LogP contribution in [0.3, 0.4) is 0 Å². The van der Waals surface area contributed by atoms with Crippen molar-refractivity contribution in [1.82, 2.24) is 4.98 Å². The largest absolute Gasteiger partial charge is 0.366 e. The summed E-state index contributed by atoms with van der Waals surface area (Å²) in [6, 6.07) is 12.1. The summed E-state index contributed by atoms with van der Waals surface area (Å²) in [5, 5.41) is 3.07. The molecule has 0 amide bonds. The predicted octanol–water partition coefficient (Wildman–Crippen LogP) is 6.69. The zero-order valence-corrected chi connectivity index (χ0v) is 18.6. The highest BCUT2D eigenvalue weighted by atomic mass is 79.9. The summed E-state index contributed by atoms with van der Waals surface area (Å²) >= 11 is 6.84. The van der Waals surface area contributed by atoms with E-state index in [-0.39, 0.29) is 5.78 Å². The van der Waals surface area contributed by atoms with Gasteiger partial charge in [0.15, 0.2) is 5.78 Å². The first kappa shape index (κ1) is 19.4. The zero-order chi connectivity index (χ0) is 19.5. The minimum absolute atomic E-state index is 0.0797. The van der Waals surface area contributed by atoms with Crippen molar-refractivity contribution < 1.29 is 4.79 Å². The van der Waals surface area contributed by atoms with Crippen LogP contribution in [0.25, 0.3) is 11.1 Å². The van der Waals surface area contributed by atoms with Crippen LogP contribution >= 0.6 is 39.0 Å². The highest BCUT2D eigenvalue weighted by Crippen LogP contribution is 2.38. The fourth-order valence-corrected chi connectivity index (χ4v) is 5.48. The maximum atomic E-state index is 11.9. The number of carbonyl (C=O) groups is 1. The average molecular weight is 471 g/mol. The molecule has 0 unspecified atom stereocenters. The monoisotopic (exact) mass is 470 g/mol. The standard InChI is InChI=1S/C22H19BrN2OS2/c1-15(26)16-6-5-7-17(10-16)19-12-22(28-18-11-21(23)27-14-18)24-13-20(19)25-8-3-2-4-9-25/h2-3,5-7,10-14H,4,8-9H2,1H3. The van der Waals surface area contributed by atoms with Gasteiger partial charge in [-0.15, -0.1) is 11.3 Å². The van der Waals surface area contributed by atoms with Gasteiger partial charge in [-0.05, 0) is 53.0 Å². The van der Waals surface area contributed by atoms with Crippen molar-refractivity contribution in [2.75, 3.05) is 18.0 Å². The topological polar surface area (TPSA) is 33.2 Å². The lowest BCUT2D eigenvalue weighted by atomic mass is 10.0. The Kier molecular flexibility index (Phi) is 5.99. The molecule has 3 nitrogen and oxygen atoms in total. The van der Waals surface area contributed by atoms with E-state index in [4.69, 9.17) is 4.98 Å². The highest BCUT2D eigenvalue weighted by Gasteiger charge is 2.16. The van der Waals surface area contributed by atoms with Gasteiger partial charge in [0, 0.05) is 34.5 Å². The Hall–Kier alpha value is -1.89. The number of hydrogen-bond acceptors (Lipinski definition) is 5. The van der Waals surface area contributed by atoms with E-state index in [1.165, 1.54) is 4.90 Å². The second kappa shape index (κ2) is 8.64. The molecule has 0 saturated heterocycles. The lowest BCUT2D eigenvalue weighted by Crippen LogP contribution is -2.27. The number of carbonyl (C=O) groups excluding carboxylic acids is 1. The summed E-state index contributed by atoms with van der Waals surface area (Å²) in [5.41, 5.74) is 4.01. The Morgan fingerprint density at radius 3 is 2.86 bits per heavy atom. The third kappa shape index (κ3) is 4.40. The second-order valence-electron chi connectivity index (χ2n) is 6.57. The van der Waals surface area contributed by atoms with Crippen molar-refractivity contribution in [3.05, 3.63) is 69.5 Å². The van der Waals surface area contributed by atoms with Crippen molar-refractivity contribution in [2.24, 2.45) is 0 Å². The maximum Gasteiger partial charge on any atom is 0.159 e. The van der Waals surface area contributed by atoms with E-state index in [1.54, 1.807) is 30.0 Å². The fourth-order valence-electron chi connectivity index (χ4n) is 3.20. The van der Waals surface area contributed by atoms with Gasteiger partial charge in [-0.25, -0.2) is 4.98 Å². The molecule has 0 atom stereocenters. The summed E-state index contributed by atoms with van der Waals surface area (Å²) in [4.78, 5) is 20.1. The van der Waals surface area contributed by atoms with Gasteiger partial charge in [0.05, 0.1) is 15.7 Å². The lowest BCUT2D eigenvalue weighted by Gasteiger charge is -2.28. The van der Waals surface area contributed by atoms with Gasteiger partial charge in [0.2, 0.25) is 0 Å². The van der Waals surface area contributed by atoms with E-state index in [0.29, 0.717) is 0 Å². The summed E-state index contributed by atoms with van der Waals surface area (Å²) in [6.07, 6.45) is 7.43. The summed E-state index contributed by atoms with van der Waals surface area (Å²) < 4.78 is 1.11. The Morgan fingerprint density at radius 2 is 2.14 bits per heavy atom. The minimum Gasteiger partial charge on any atom is -0.366 e. The molecule has 0 aliphatic carbocycles. The van der Waals surface area contributed by atoms with Crippen molar-refractivity contribution in [2.45, 2.75) is 23.3 Å². The molecular formula is C22H19BrN2OS2. The van der Waals surface area contributed by atoms with E-state index < -0.39 is 0 Å². The first-order valence-corrected chi connectivity index (χ1v) is 11.5. The maximum absolute atomic E-state index is 11.9.